The van der Waals surface area contributed by atoms with Crippen LogP contribution in [0.2, 0.25) is 0 Å². The van der Waals surface area contributed by atoms with E-state index < -0.39 is 18.6 Å². The Labute approximate surface area is 148 Å². The van der Waals surface area contributed by atoms with Gasteiger partial charge in [-0.1, -0.05) is 12.1 Å². The molecule has 0 aliphatic carbocycles. The summed E-state index contributed by atoms with van der Waals surface area (Å²) in [6, 6.07) is 10.7. The first kappa shape index (κ1) is 17.7. The lowest BCUT2D eigenvalue weighted by Crippen LogP contribution is -2.32. The maximum Gasteiger partial charge on any atom is 0.387 e. The third-order valence-electron chi connectivity index (χ3n) is 3.63. The van der Waals surface area contributed by atoms with Gasteiger partial charge >= 0.3 is 6.61 Å². The molecule has 0 saturated heterocycles. The number of nitrogens with zero attached hydrogens (tertiary/aromatic N) is 1. The van der Waals surface area contributed by atoms with Crippen LogP contribution in [0.5, 0.6) is 5.75 Å². The SMILES string of the molecule is Cc1nc2cc(N[C@H](C)C(=O)Nc3ccccc3OC(F)F)ccc2o1. The molecule has 0 spiro atoms. The number of halogens is 2. The molecule has 0 aliphatic heterocycles. The van der Waals surface area contributed by atoms with Crippen molar-refractivity contribution >= 4 is 28.4 Å². The highest BCUT2D eigenvalue weighted by Crippen LogP contribution is 2.26. The number of amides is 1. The molecule has 3 aromatic rings. The zero-order valence-electron chi connectivity index (χ0n) is 14.1. The second-order valence-corrected chi connectivity index (χ2v) is 5.65. The van der Waals surface area contributed by atoms with E-state index in [1.165, 1.54) is 12.1 Å². The molecule has 0 aliphatic rings. The van der Waals surface area contributed by atoms with Crippen LogP contribution in [0.1, 0.15) is 12.8 Å². The Kier molecular flexibility index (Phi) is 5.01. The number of aromatic nitrogens is 1. The van der Waals surface area contributed by atoms with E-state index in [1.807, 2.05) is 0 Å². The molecule has 2 aromatic carbocycles. The molecule has 2 N–H and O–H groups in total. The van der Waals surface area contributed by atoms with Crippen LogP contribution >= 0.6 is 0 Å². The van der Waals surface area contributed by atoms with Gasteiger partial charge in [0.1, 0.15) is 17.3 Å². The van der Waals surface area contributed by atoms with Crippen molar-refractivity contribution < 1.29 is 22.7 Å². The summed E-state index contributed by atoms with van der Waals surface area (Å²) in [6.07, 6.45) is 0. The number of oxazole rings is 1. The van der Waals surface area contributed by atoms with Crippen molar-refractivity contribution in [3.63, 3.8) is 0 Å². The summed E-state index contributed by atoms with van der Waals surface area (Å²) in [7, 11) is 0. The highest BCUT2D eigenvalue weighted by Gasteiger charge is 2.17. The molecule has 3 rings (SSSR count). The van der Waals surface area contributed by atoms with E-state index in [9.17, 15) is 13.6 Å². The molecule has 1 atom stereocenters. The van der Waals surface area contributed by atoms with Gasteiger partial charge in [-0.05, 0) is 37.3 Å². The van der Waals surface area contributed by atoms with Gasteiger partial charge in [-0.15, -0.1) is 0 Å². The first-order valence-electron chi connectivity index (χ1n) is 7.91. The topological polar surface area (TPSA) is 76.4 Å². The number of hydrogen-bond donors (Lipinski definition) is 2. The summed E-state index contributed by atoms with van der Waals surface area (Å²) in [6.45, 7) is 0.438. The van der Waals surface area contributed by atoms with E-state index in [0.717, 1.165) is 0 Å². The summed E-state index contributed by atoms with van der Waals surface area (Å²) >= 11 is 0. The van der Waals surface area contributed by atoms with Gasteiger partial charge in [-0.3, -0.25) is 4.79 Å². The summed E-state index contributed by atoms with van der Waals surface area (Å²) in [4.78, 5) is 16.6. The van der Waals surface area contributed by atoms with Crippen molar-refractivity contribution in [1.82, 2.24) is 4.98 Å². The van der Waals surface area contributed by atoms with Crippen LogP contribution in [0.4, 0.5) is 20.2 Å². The third kappa shape index (κ3) is 4.08. The number of ether oxygens (including phenoxy) is 1. The van der Waals surface area contributed by atoms with Gasteiger partial charge in [0, 0.05) is 12.6 Å². The van der Waals surface area contributed by atoms with Crippen LogP contribution < -0.4 is 15.4 Å². The monoisotopic (exact) mass is 361 g/mol. The van der Waals surface area contributed by atoms with Gasteiger partial charge in [-0.25, -0.2) is 4.98 Å². The lowest BCUT2D eigenvalue weighted by atomic mass is 10.2. The average Bonchev–Trinajstić information content (AvgIpc) is 2.95. The van der Waals surface area contributed by atoms with Crippen molar-refractivity contribution in [3.05, 3.63) is 48.4 Å². The van der Waals surface area contributed by atoms with Crippen LogP contribution in [0, 0.1) is 6.92 Å². The Morgan fingerprint density at radius 1 is 1.23 bits per heavy atom. The Bertz CT molecular complexity index is 927. The Morgan fingerprint density at radius 2 is 2.00 bits per heavy atom. The van der Waals surface area contributed by atoms with Gasteiger partial charge in [0.15, 0.2) is 11.5 Å². The fourth-order valence-corrected chi connectivity index (χ4v) is 2.46. The zero-order valence-corrected chi connectivity index (χ0v) is 14.1. The number of carbonyl (C=O) groups excluding carboxylic acids is 1. The zero-order chi connectivity index (χ0) is 18.7. The molecule has 1 heterocycles. The average molecular weight is 361 g/mol. The van der Waals surface area contributed by atoms with Crippen molar-refractivity contribution in [2.45, 2.75) is 26.5 Å². The van der Waals surface area contributed by atoms with Gasteiger partial charge in [0.2, 0.25) is 5.91 Å². The predicted molar refractivity (Wildman–Crippen MR) is 93.5 cm³/mol. The predicted octanol–water partition coefficient (Wildman–Crippen LogP) is 4.18. The van der Waals surface area contributed by atoms with Crippen LogP contribution in [0.25, 0.3) is 11.1 Å². The van der Waals surface area contributed by atoms with E-state index in [2.05, 4.69) is 20.4 Å². The van der Waals surface area contributed by atoms with Crippen LogP contribution in [-0.2, 0) is 4.79 Å². The van der Waals surface area contributed by atoms with E-state index in [0.29, 0.717) is 22.7 Å². The molecule has 1 amide bonds. The summed E-state index contributed by atoms with van der Waals surface area (Å²) in [5.41, 5.74) is 2.19. The first-order chi connectivity index (χ1) is 12.4. The van der Waals surface area contributed by atoms with Gasteiger partial charge in [-0.2, -0.15) is 8.78 Å². The third-order valence-corrected chi connectivity index (χ3v) is 3.63. The molecule has 0 radical (unpaired) electrons. The fraction of sp³-hybridized carbons (Fsp3) is 0.222. The largest absolute Gasteiger partial charge is 0.441 e. The normalized spacial score (nSPS) is 12.2. The number of rotatable bonds is 6. The smallest absolute Gasteiger partial charge is 0.387 e. The Balaban J connectivity index is 1.69. The number of carbonyl (C=O) groups is 1. The summed E-state index contributed by atoms with van der Waals surface area (Å²) in [5.74, 6) is 0.0628. The van der Waals surface area contributed by atoms with E-state index in [4.69, 9.17) is 4.42 Å². The van der Waals surface area contributed by atoms with E-state index >= 15 is 0 Å². The second-order valence-electron chi connectivity index (χ2n) is 5.65. The Morgan fingerprint density at radius 3 is 2.77 bits per heavy atom. The highest BCUT2D eigenvalue weighted by atomic mass is 19.3. The highest BCUT2D eigenvalue weighted by molar-refractivity contribution is 5.97. The molecule has 0 unspecified atom stereocenters. The lowest BCUT2D eigenvalue weighted by molar-refractivity contribution is -0.116. The molecule has 0 bridgehead atoms. The number of benzene rings is 2. The number of para-hydroxylation sites is 2. The standard InChI is InChI=1S/C18H17F2N3O3/c1-10(21-12-7-8-16-14(9-12)22-11(2)25-16)17(24)23-13-5-3-4-6-15(13)26-18(19)20/h3-10,18,21H,1-2H3,(H,23,24)/t10-/m1/s1. The van der Waals surface area contributed by atoms with Crippen molar-refractivity contribution in [2.75, 3.05) is 10.6 Å². The van der Waals surface area contributed by atoms with Crippen molar-refractivity contribution in [3.8, 4) is 5.75 Å². The molecule has 26 heavy (non-hydrogen) atoms. The first-order valence-corrected chi connectivity index (χ1v) is 7.91. The van der Waals surface area contributed by atoms with Crippen LogP contribution in [0.3, 0.4) is 0 Å². The minimum atomic E-state index is -2.97. The number of aryl methyl sites for hydroxylation is 1. The maximum absolute atomic E-state index is 12.5. The molecule has 8 heteroatoms. The van der Waals surface area contributed by atoms with E-state index in [-0.39, 0.29) is 11.4 Å². The van der Waals surface area contributed by atoms with Crippen LogP contribution in [0.15, 0.2) is 46.9 Å². The maximum atomic E-state index is 12.5. The number of fused-ring (bicyclic) bond motifs is 1. The summed E-state index contributed by atoms with van der Waals surface area (Å²) in [5, 5.41) is 5.62. The van der Waals surface area contributed by atoms with E-state index in [1.54, 1.807) is 44.2 Å². The number of nitrogens with one attached hydrogen (secondary N) is 2. The minimum absolute atomic E-state index is 0.0949. The van der Waals surface area contributed by atoms with Crippen molar-refractivity contribution in [2.24, 2.45) is 0 Å². The molecule has 136 valence electrons. The van der Waals surface area contributed by atoms with Gasteiger partial charge < -0.3 is 19.8 Å². The Hall–Kier alpha value is -3.16. The number of alkyl halides is 2. The summed E-state index contributed by atoms with van der Waals surface area (Å²) < 4.78 is 34.7. The quantitative estimate of drug-likeness (QED) is 0.689. The molecule has 0 fully saturated rings. The minimum Gasteiger partial charge on any atom is -0.441 e. The number of hydrogen-bond acceptors (Lipinski definition) is 5. The van der Waals surface area contributed by atoms with Gasteiger partial charge in [0.25, 0.3) is 0 Å². The molecular weight excluding hydrogens is 344 g/mol. The molecular formula is C18H17F2N3O3. The van der Waals surface area contributed by atoms with Crippen LogP contribution in [-0.4, -0.2) is 23.5 Å². The molecule has 6 nitrogen and oxygen atoms in total. The van der Waals surface area contributed by atoms with Gasteiger partial charge in [0.05, 0.1) is 5.69 Å². The fourth-order valence-electron chi connectivity index (χ4n) is 2.46. The molecule has 0 saturated carbocycles. The lowest BCUT2D eigenvalue weighted by Gasteiger charge is -2.17. The molecule has 1 aromatic heterocycles. The second kappa shape index (κ2) is 7.38. The van der Waals surface area contributed by atoms with Crippen molar-refractivity contribution in [1.29, 1.82) is 0 Å². The number of anilines is 2.